The summed E-state index contributed by atoms with van der Waals surface area (Å²) < 4.78 is 19.9. The highest BCUT2D eigenvalue weighted by Gasteiger charge is 2.26. The van der Waals surface area contributed by atoms with Crippen molar-refractivity contribution in [3.05, 3.63) is 47.0 Å². The van der Waals surface area contributed by atoms with E-state index in [1.54, 1.807) is 13.0 Å². The Kier molecular flexibility index (Phi) is 9.44. The van der Waals surface area contributed by atoms with Crippen LogP contribution in [0.15, 0.2) is 22.9 Å². The van der Waals surface area contributed by atoms with Gasteiger partial charge in [0.1, 0.15) is 28.5 Å². The number of halogens is 3. The molecule has 0 radical (unpaired) electrons. The third kappa shape index (κ3) is 6.61. The fourth-order valence-corrected chi connectivity index (χ4v) is 4.12. The summed E-state index contributed by atoms with van der Waals surface area (Å²) in [5.41, 5.74) is 3.10. The monoisotopic (exact) mass is 538 g/mol. The molecule has 0 unspecified atom stereocenters. The molecule has 0 spiro atoms. The number of aromatic nitrogens is 4. The van der Waals surface area contributed by atoms with Gasteiger partial charge in [-0.15, -0.1) is 23.2 Å². The van der Waals surface area contributed by atoms with Crippen LogP contribution < -0.4 is 10.6 Å². The van der Waals surface area contributed by atoms with Crippen LogP contribution in [-0.4, -0.2) is 43.0 Å². The van der Waals surface area contributed by atoms with Crippen molar-refractivity contribution in [1.29, 1.82) is 0 Å². The molecule has 1 atom stereocenters. The summed E-state index contributed by atoms with van der Waals surface area (Å²) in [6.45, 7) is 7.47. The lowest BCUT2D eigenvalue weighted by molar-refractivity contribution is -0.118. The summed E-state index contributed by atoms with van der Waals surface area (Å²) in [6, 6.07) is 2.10. The zero-order chi connectivity index (χ0) is 26.4. The van der Waals surface area contributed by atoms with Gasteiger partial charge in [0.2, 0.25) is 11.9 Å². The van der Waals surface area contributed by atoms with Crippen LogP contribution >= 0.6 is 23.2 Å². The van der Waals surface area contributed by atoms with Gasteiger partial charge in [-0.05, 0) is 50.7 Å². The van der Waals surface area contributed by atoms with E-state index in [1.165, 1.54) is 12.3 Å². The Balaban J connectivity index is 1.78. The number of nitrogens with one attached hydrogen (secondary N) is 3. The second-order valence-corrected chi connectivity index (χ2v) is 9.94. The molecule has 0 fully saturated rings. The van der Waals surface area contributed by atoms with Crippen molar-refractivity contribution in [2.24, 2.45) is 0 Å². The fraction of sp³-hybridized carbons (Fsp3) is 0.458. The van der Waals surface area contributed by atoms with Gasteiger partial charge in [0.15, 0.2) is 0 Å². The lowest BCUT2D eigenvalue weighted by Crippen LogP contribution is -2.44. The molecule has 0 aromatic carbocycles. The zero-order valence-electron chi connectivity index (χ0n) is 20.5. The predicted molar refractivity (Wildman–Crippen MR) is 136 cm³/mol. The van der Waals surface area contributed by atoms with Gasteiger partial charge in [-0.2, -0.15) is 9.49 Å². The number of aromatic amines is 1. The molecule has 3 rings (SSSR count). The molecule has 0 aliphatic rings. The van der Waals surface area contributed by atoms with Crippen LogP contribution in [0, 0.1) is 12.9 Å². The third-order valence-corrected chi connectivity index (χ3v) is 6.09. The first-order valence-electron chi connectivity index (χ1n) is 11.7. The van der Waals surface area contributed by atoms with Gasteiger partial charge in [0, 0.05) is 16.8 Å². The Morgan fingerprint density at radius 2 is 1.97 bits per heavy atom. The van der Waals surface area contributed by atoms with Crippen LogP contribution in [0.3, 0.4) is 0 Å². The Morgan fingerprint density at radius 3 is 2.61 bits per heavy atom. The zero-order valence-corrected chi connectivity index (χ0v) is 22.0. The minimum Gasteiger partial charge on any atom is -0.364 e. The summed E-state index contributed by atoms with van der Waals surface area (Å²) in [7, 11) is 0. The van der Waals surface area contributed by atoms with Crippen molar-refractivity contribution in [3.63, 3.8) is 0 Å². The maximum absolute atomic E-state index is 14.9. The Labute approximate surface area is 218 Å². The smallest absolute Gasteiger partial charge is 0.257 e. The van der Waals surface area contributed by atoms with Gasteiger partial charge in [-0.1, -0.05) is 25.9 Å². The highest BCUT2D eigenvalue weighted by molar-refractivity contribution is 6.44. The van der Waals surface area contributed by atoms with Gasteiger partial charge in [-0.3, -0.25) is 14.7 Å². The van der Waals surface area contributed by atoms with Crippen molar-refractivity contribution < 1.29 is 18.5 Å². The van der Waals surface area contributed by atoms with E-state index < -0.39 is 28.6 Å². The molecule has 3 heterocycles. The van der Waals surface area contributed by atoms with Crippen LogP contribution in [0.4, 0.5) is 10.2 Å². The molecule has 0 saturated carbocycles. The quantitative estimate of drug-likeness (QED) is 0.224. The normalized spacial score (nSPS) is 12.2. The lowest BCUT2D eigenvalue weighted by Gasteiger charge is -2.19. The number of alkyl halides is 2. The summed E-state index contributed by atoms with van der Waals surface area (Å²) in [5, 5.41) is 16.2. The van der Waals surface area contributed by atoms with Gasteiger partial charge in [-0.25, -0.2) is 4.98 Å². The number of amides is 2. The SMILES string of the molecule is CCc1n[nH]c(C)c1-c1ccc(NC(=O)[C@H](CCCC(Cl)Cl)NC(=O)c2conc2C(C)C)nc1F. The largest absolute Gasteiger partial charge is 0.364 e. The van der Waals surface area contributed by atoms with E-state index in [4.69, 9.17) is 27.7 Å². The van der Waals surface area contributed by atoms with Gasteiger partial charge in [0.25, 0.3) is 5.91 Å². The van der Waals surface area contributed by atoms with Crippen LogP contribution in [0.25, 0.3) is 11.1 Å². The molecule has 12 heteroatoms. The minimum absolute atomic E-state index is 0.0140. The molecule has 0 bridgehead atoms. The Hall–Kier alpha value is -2.98. The van der Waals surface area contributed by atoms with Gasteiger partial charge in [0.05, 0.1) is 11.4 Å². The number of rotatable bonds is 11. The van der Waals surface area contributed by atoms with Crippen molar-refractivity contribution in [2.75, 3.05) is 5.32 Å². The van der Waals surface area contributed by atoms with Crippen LogP contribution in [0.2, 0.25) is 0 Å². The molecule has 2 amide bonds. The molecule has 194 valence electrons. The van der Waals surface area contributed by atoms with E-state index in [1.807, 2.05) is 20.8 Å². The van der Waals surface area contributed by atoms with Crippen molar-refractivity contribution in [1.82, 2.24) is 25.7 Å². The van der Waals surface area contributed by atoms with E-state index >= 15 is 0 Å². The number of carbonyl (C=O) groups excluding carboxylic acids is 2. The second kappa shape index (κ2) is 12.3. The van der Waals surface area contributed by atoms with E-state index in [0.29, 0.717) is 30.5 Å². The molecular weight excluding hydrogens is 510 g/mol. The summed E-state index contributed by atoms with van der Waals surface area (Å²) in [5.74, 6) is -1.85. The number of anilines is 1. The summed E-state index contributed by atoms with van der Waals surface area (Å²) in [6.07, 6.45) is 3.01. The van der Waals surface area contributed by atoms with E-state index in [2.05, 4.69) is 31.0 Å². The van der Waals surface area contributed by atoms with E-state index in [9.17, 15) is 14.0 Å². The van der Waals surface area contributed by atoms with E-state index in [0.717, 1.165) is 11.4 Å². The number of aryl methyl sites for hydroxylation is 2. The van der Waals surface area contributed by atoms with Crippen LogP contribution in [0.1, 0.15) is 73.4 Å². The molecule has 0 aliphatic carbocycles. The highest BCUT2D eigenvalue weighted by Crippen LogP contribution is 2.29. The van der Waals surface area contributed by atoms with Crippen LogP contribution in [-0.2, 0) is 11.2 Å². The number of hydrogen-bond acceptors (Lipinski definition) is 6. The van der Waals surface area contributed by atoms with E-state index in [-0.39, 0.29) is 29.3 Å². The summed E-state index contributed by atoms with van der Waals surface area (Å²) >= 11 is 11.6. The first-order chi connectivity index (χ1) is 17.1. The van der Waals surface area contributed by atoms with Gasteiger partial charge < -0.3 is 15.2 Å². The standard InChI is InChI=1S/C24H29Cl2FN6O3/c1-5-16-20(13(4)31-32-16)14-9-10-19(29-22(14)27)30-24(35)17(7-6-8-18(25)26)28-23(34)15-11-36-33-21(15)12(2)3/h9-12,17-18H,5-8H2,1-4H3,(H,28,34)(H,31,32)(H,29,30,35)/t17-/m0/s1. The van der Waals surface area contributed by atoms with Crippen molar-refractivity contribution in [2.45, 2.75) is 70.2 Å². The van der Waals surface area contributed by atoms with Crippen LogP contribution in [0.5, 0.6) is 0 Å². The molecule has 0 saturated heterocycles. The number of nitrogens with zero attached hydrogens (tertiary/aromatic N) is 3. The number of pyridine rings is 1. The second-order valence-electron chi connectivity index (χ2n) is 8.66. The molecule has 0 aliphatic heterocycles. The Bertz CT molecular complexity index is 1210. The highest BCUT2D eigenvalue weighted by atomic mass is 35.5. The maximum atomic E-state index is 14.9. The molecule has 3 aromatic heterocycles. The summed E-state index contributed by atoms with van der Waals surface area (Å²) in [4.78, 5) is 29.3. The fourth-order valence-electron chi connectivity index (χ4n) is 3.81. The lowest BCUT2D eigenvalue weighted by atomic mass is 10.0. The average Bonchev–Trinajstić information content (AvgIpc) is 3.45. The molecule has 3 aromatic rings. The topological polar surface area (TPSA) is 126 Å². The molecule has 3 N–H and O–H groups in total. The maximum Gasteiger partial charge on any atom is 0.257 e. The number of hydrogen-bond donors (Lipinski definition) is 3. The van der Waals surface area contributed by atoms with Crippen molar-refractivity contribution >= 4 is 40.8 Å². The number of carbonyl (C=O) groups is 2. The third-order valence-electron chi connectivity index (χ3n) is 5.65. The first kappa shape index (κ1) is 27.6. The molecule has 36 heavy (non-hydrogen) atoms. The van der Waals surface area contributed by atoms with Crippen molar-refractivity contribution in [3.8, 4) is 11.1 Å². The van der Waals surface area contributed by atoms with Gasteiger partial charge >= 0.3 is 0 Å². The predicted octanol–water partition coefficient (Wildman–Crippen LogP) is 5.30. The number of H-pyrrole nitrogens is 1. The average molecular weight is 539 g/mol. The Morgan fingerprint density at radius 1 is 1.22 bits per heavy atom. The first-order valence-corrected chi connectivity index (χ1v) is 12.5. The molecule has 9 nitrogen and oxygen atoms in total. The molecular formula is C24H29Cl2FN6O3. The minimum atomic E-state index is -0.952.